The number of hydrogen-bond acceptors (Lipinski definition) is 12. The predicted octanol–water partition coefficient (Wildman–Crippen LogP) is 0.418. The van der Waals surface area contributed by atoms with Crippen LogP contribution in [0.4, 0.5) is 9.59 Å². The molecule has 1 aromatic heterocycles. The molecule has 0 saturated carbocycles. The first-order valence-electron chi connectivity index (χ1n) is 14.6. The largest absolute Gasteiger partial charge is 0.472 e. The fourth-order valence-electron chi connectivity index (χ4n) is 4.61. The Hall–Kier alpha value is -3.28. The van der Waals surface area contributed by atoms with Gasteiger partial charge in [0, 0.05) is 38.4 Å². The Kier molecular flexibility index (Phi) is 16.2. The number of nitrogens with zero attached hydrogens (tertiary/aromatic N) is 1. The predicted molar refractivity (Wildman–Crippen MR) is 157 cm³/mol. The lowest BCUT2D eigenvalue weighted by molar-refractivity contribution is -0.123. The maximum Gasteiger partial charge on any atom is 0.472 e. The minimum atomic E-state index is -4.37. The van der Waals surface area contributed by atoms with Crippen LogP contribution in [0.3, 0.4) is 0 Å². The molecule has 6 N–H and O–H groups in total. The summed E-state index contributed by atoms with van der Waals surface area (Å²) >= 11 is 0. The molecule has 0 spiro atoms. The number of phosphoric acid groups is 1. The van der Waals surface area contributed by atoms with Crippen molar-refractivity contribution in [3.63, 3.8) is 0 Å². The van der Waals surface area contributed by atoms with E-state index in [1.54, 1.807) is 0 Å². The number of H-pyrrole nitrogens is 1. The van der Waals surface area contributed by atoms with E-state index >= 15 is 0 Å². The SMILES string of the molecule is COC(=O)NCCCCC(NC(=O)OC)C(=O)NCCCCCCc1cn([C@@H]2C[C@H](OP(=O)(O)OC)[C@H](CO)O2)c(=O)[nH]c1=O. The van der Waals surface area contributed by atoms with Crippen LogP contribution in [0.1, 0.15) is 63.2 Å². The van der Waals surface area contributed by atoms with E-state index in [1.165, 1.54) is 20.4 Å². The molecule has 45 heavy (non-hydrogen) atoms. The molecule has 1 aliphatic rings. The zero-order valence-electron chi connectivity index (χ0n) is 25.7. The quantitative estimate of drug-likeness (QED) is 0.0867. The van der Waals surface area contributed by atoms with E-state index in [-0.39, 0.29) is 12.3 Å². The summed E-state index contributed by atoms with van der Waals surface area (Å²) in [6.45, 7) is 0.199. The second-order valence-electron chi connectivity index (χ2n) is 10.2. The van der Waals surface area contributed by atoms with Gasteiger partial charge in [-0.2, -0.15) is 0 Å². The summed E-state index contributed by atoms with van der Waals surface area (Å²) in [5, 5.41) is 17.5. The summed E-state index contributed by atoms with van der Waals surface area (Å²) in [4.78, 5) is 72.2. The maximum atomic E-state index is 12.6. The zero-order chi connectivity index (χ0) is 33.4. The number of aromatic amines is 1. The molecule has 0 radical (unpaired) electrons. The number of aromatic nitrogens is 2. The third-order valence-electron chi connectivity index (χ3n) is 7.05. The lowest BCUT2D eigenvalue weighted by atomic mass is 10.1. The van der Waals surface area contributed by atoms with Gasteiger partial charge < -0.3 is 40.2 Å². The van der Waals surface area contributed by atoms with E-state index in [2.05, 4.69) is 34.9 Å². The van der Waals surface area contributed by atoms with Crippen LogP contribution in [0, 0.1) is 0 Å². The third-order valence-corrected chi connectivity index (χ3v) is 8.05. The van der Waals surface area contributed by atoms with Gasteiger partial charge in [0.05, 0.1) is 20.8 Å². The van der Waals surface area contributed by atoms with Gasteiger partial charge in [-0.1, -0.05) is 12.8 Å². The van der Waals surface area contributed by atoms with Gasteiger partial charge in [-0.3, -0.25) is 28.2 Å². The summed E-state index contributed by atoms with van der Waals surface area (Å²) < 4.78 is 37.2. The Labute approximate surface area is 259 Å². The Balaban J connectivity index is 1.80. The smallest absolute Gasteiger partial charge is 0.453 e. The highest BCUT2D eigenvalue weighted by Gasteiger charge is 2.41. The molecule has 1 saturated heterocycles. The molecule has 1 fully saturated rings. The number of aliphatic hydroxyl groups excluding tert-OH is 1. The number of rotatable bonds is 19. The van der Waals surface area contributed by atoms with Crippen molar-refractivity contribution in [1.29, 1.82) is 0 Å². The average Bonchev–Trinajstić information content (AvgIpc) is 3.41. The van der Waals surface area contributed by atoms with Crippen LogP contribution in [0.25, 0.3) is 0 Å². The number of ether oxygens (including phenoxy) is 3. The molecular formula is C26H44N5O13P. The molecule has 19 heteroatoms. The first-order chi connectivity index (χ1) is 21.4. The summed E-state index contributed by atoms with van der Waals surface area (Å²) in [5.74, 6) is -0.357. The average molecular weight is 666 g/mol. The van der Waals surface area contributed by atoms with Gasteiger partial charge in [0.1, 0.15) is 24.5 Å². The standard InChI is InChI=1S/C26H44N5O13P/c1-40-25(36)28-13-9-7-11-18(29-26(37)41-2)23(34)27-12-8-5-4-6-10-17-15-31(24(35)30-22(17)33)21-14-19(20(16-32)43-21)44-45(38,39)42-3/h15,18-21,32H,4-14,16H2,1-3H3,(H,27,34)(H,28,36)(H,29,37)(H,38,39)(H,30,33,35)/t18?,19-,20-,21-/m0/s1. The van der Waals surface area contributed by atoms with Crippen molar-refractivity contribution >= 4 is 25.9 Å². The van der Waals surface area contributed by atoms with E-state index < -0.39 is 62.3 Å². The highest BCUT2D eigenvalue weighted by Crippen LogP contribution is 2.47. The highest BCUT2D eigenvalue weighted by atomic mass is 31.2. The van der Waals surface area contributed by atoms with Crippen LogP contribution in [0.5, 0.6) is 0 Å². The minimum Gasteiger partial charge on any atom is -0.453 e. The first kappa shape index (κ1) is 37.9. The Morgan fingerprint density at radius 1 is 1.04 bits per heavy atom. The molecule has 0 bridgehead atoms. The zero-order valence-corrected chi connectivity index (χ0v) is 26.5. The normalized spacial score (nSPS) is 19.7. The molecule has 0 aliphatic carbocycles. The van der Waals surface area contributed by atoms with Crippen molar-refractivity contribution in [3.8, 4) is 0 Å². The van der Waals surface area contributed by atoms with Crippen molar-refractivity contribution in [1.82, 2.24) is 25.5 Å². The number of hydrogen-bond donors (Lipinski definition) is 6. The molecule has 2 rings (SSSR count). The second kappa shape index (κ2) is 19.3. The number of carbonyl (C=O) groups excluding carboxylic acids is 3. The lowest BCUT2D eigenvalue weighted by Crippen LogP contribution is -2.47. The van der Waals surface area contributed by atoms with Gasteiger partial charge in [-0.15, -0.1) is 0 Å². The Bertz CT molecular complexity index is 1270. The van der Waals surface area contributed by atoms with Crippen molar-refractivity contribution in [2.75, 3.05) is 41.0 Å². The van der Waals surface area contributed by atoms with Crippen LogP contribution in [0.15, 0.2) is 15.8 Å². The summed E-state index contributed by atoms with van der Waals surface area (Å²) in [5.41, 5.74) is -0.948. The van der Waals surface area contributed by atoms with E-state index in [0.29, 0.717) is 57.2 Å². The molecule has 18 nitrogen and oxygen atoms in total. The number of alkyl carbamates (subject to hydrolysis) is 2. The molecular weight excluding hydrogens is 621 g/mol. The monoisotopic (exact) mass is 665 g/mol. The lowest BCUT2D eigenvalue weighted by Gasteiger charge is -2.18. The van der Waals surface area contributed by atoms with Gasteiger partial charge in [-0.05, 0) is 38.5 Å². The van der Waals surface area contributed by atoms with Gasteiger partial charge in [0.25, 0.3) is 5.56 Å². The van der Waals surface area contributed by atoms with Crippen molar-refractivity contribution in [2.45, 2.75) is 82.3 Å². The number of nitrogens with one attached hydrogen (secondary N) is 4. The summed E-state index contributed by atoms with van der Waals surface area (Å²) in [6, 6.07) is -0.801. The van der Waals surface area contributed by atoms with Crippen LogP contribution in [-0.4, -0.2) is 96.9 Å². The van der Waals surface area contributed by atoms with Crippen LogP contribution < -0.4 is 27.2 Å². The van der Waals surface area contributed by atoms with E-state index in [4.69, 9.17) is 9.26 Å². The van der Waals surface area contributed by atoms with E-state index in [1.807, 2.05) is 0 Å². The molecule has 3 amide bonds. The fraction of sp³-hybridized carbons (Fsp3) is 0.731. The minimum absolute atomic E-state index is 0.0428. The topological polar surface area (TPSA) is 246 Å². The van der Waals surface area contributed by atoms with Gasteiger partial charge in [0.2, 0.25) is 5.91 Å². The molecule has 1 aliphatic heterocycles. The van der Waals surface area contributed by atoms with Crippen molar-refractivity contribution in [2.24, 2.45) is 0 Å². The number of aryl methyl sites for hydroxylation is 1. The molecule has 5 atom stereocenters. The van der Waals surface area contributed by atoms with E-state index in [9.17, 15) is 38.5 Å². The molecule has 0 aromatic carbocycles. The summed E-state index contributed by atoms with van der Waals surface area (Å²) in [6.07, 6.45) is 1.62. The Morgan fingerprint density at radius 3 is 2.38 bits per heavy atom. The summed E-state index contributed by atoms with van der Waals surface area (Å²) in [7, 11) is -0.911. The number of amides is 3. The first-order valence-corrected chi connectivity index (χ1v) is 16.1. The number of carbonyl (C=O) groups is 3. The number of methoxy groups -OCH3 is 2. The van der Waals surface area contributed by atoms with Gasteiger partial charge >= 0.3 is 25.7 Å². The number of phosphoric ester groups is 1. The highest BCUT2D eigenvalue weighted by molar-refractivity contribution is 7.47. The second-order valence-corrected chi connectivity index (χ2v) is 11.7. The maximum absolute atomic E-state index is 12.6. The van der Waals surface area contributed by atoms with Gasteiger partial charge in [-0.25, -0.2) is 18.9 Å². The van der Waals surface area contributed by atoms with Crippen molar-refractivity contribution < 1.29 is 52.2 Å². The number of aliphatic hydroxyl groups is 1. The fourth-order valence-corrected chi connectivity index (χ4v) is 5.26. The van der Waals surface area contributed by atoms with Gasteiger partial charge in [0.15, 0.2) is 0 Å². The molecule has 2 heterocycles. The van der Waals surface area contributed by atoms with Crippen molar-refractivity contribution in [3.05, 3.63) is 32.6 Å². The molecule has 256 valence electrons. The van der Waals surface area contributed by atoms with Crippen LogP contribution in [-0.2, 0) is 39.0 Å². The molecule has 1 aromatic rings. The third kappa shape index (κ3) is 12.9. The van der Waals surface area contributed by atoms with Crippen LogP contribution >= 0.6 is 7.82 Å². The number of unbranched alkanes of at least 4 members (excludes halogenated alkanes) is 4. The Morgan fingerprint density at radius 2 is 1.71 bits per heavy atom. The van der Waals surface area contributed by atoms with Crippen LogP contribution in [0.2, 0.25) is 0 Å². The molecule has 2 unspecified atom stereocenters. The van der Waals surface area contributed by atoms with E-state index in [0.717, 1.165) is 24.5 Å².